The van der Waals surface area contributed by atoms with Gasteiger partial charge in [0.05, 0.1) is 6.61 Å². The van der Waals surface area contributed by atoms with Crippen LogP contribution in [0.1, 0.15) is 37.8 Å². The Labute approximate surface area is 179 Å². The fourth-order valence-electron chi connectivity index (χ4n) is 2.80. The Morgan fingerprint density at radius 1 is 0.903 bits per heavy atom. The van der Waals surface area contributed by atoms with Crippen molar-refractivity contribution in [3.8, 4) is 5.75 Å². The van der Waals surface area contributed by atoms with Gasteiger partial charge in [-0.05, 0) is 54.8 Å². The predicted molar refractivity (Wildman–Crippen MR) is 116 cm³/mol. The normalized spacial score (nSPS) is 11.3. The maximum atomic E-state index is 13.4. The van der Waals surface area contributed by atoms with Crippen molar-refractivity contribution in [2.45, 2.75) is 39.3 Å². The molecule has 0 saturated carbocycles. The van der Waals surface area contributed by atoms with Crippen LogP contribution in [0.4, 0.5) is 36.3 Å². The molecule has 164 valence electrons. The molecule has 1 heterocycles. The monoisotopic (exact) mass is 430 g/mol. The van der Waals surface area contributed by atoms with Gasteiger partial charge in [-0.2, -0.15) is 18.2 Å². The maximum Gasteiger partial charge on any atom is 0.421 e. The van der Waals surface area contributed by atoms with E-state index in [4.69, 9.17) is 4.74 Å². The predicted octanol–water partition coefficient (Wildman–Crippen LogP) is 6.72. The number of unbranched alkanes of at least 4 members (excludes halogenated alkanes) is 1. The molecule has 0 aliphatic rings. The van der Waals surface area contributed by atoms with Crippen LogP contribution in [0.15, 0.2) is 54.7 Å². The summed E-state index contributed by atoms with van der Waals surface area (Å²) in [6.45, 7) is 4.74. The molecule has 3 aromatic rings. The van der Waals surface area contributed by atoms with Crippen LogP contribution in [0, 0.1) is 0 Å². The van der Waals surface area contributed by atoms with E-state index in [0.717, 1.165) is 36.8 Å². The molecule has 0 bridgehead atoms. The number of hydrogen-bond donors (Lipinski definition) is 2. The summed E-state index contributed by atoms with van der Waals surface area (Å²) in [5.41, 5.74) is 1.31. The van der Waals surface area contributed by atoms with Crippen LogP contribution in [0.25, 0.3) is 0 Å². The van der Waals surface area contributed by atoms with Crippen molar-refractivity contribution in [2.24, 2.45) is 0 Å². The van der Waals surface area contributed by atoms with Gasteiger partial charge < -0.3 is 15.4 Å². The summed E-state index contributed by atoms with van der Waals surface area (Å²) in [6, 6.07) is 14.3. The molecule has 0 atom stereocenters. The number of alkyl halides is 3. The summed E-state index contributed by atoms with van der Waals surface area (Å²) in [5.74, 6) is 0.472. The van der Waals surface area contributed by atoms with Crippen LogP contribution in [0.2, 0.25) is 0 Å². The quantitative estimate of drug-likeness (QED) is 0.369. The summed E-state index contributed by atoms with van der Waals surface area (Å²) in [5, 5.41) is 5.70. The first kappa shape index (κ1) is 22.4. The van der Waals surface area contributed by atoms with Crippen molar-refractivity contribution in [3.63, 3.8) is 0 Å². The number of nitrogens with one attached hydrogen (secondary N) is 2. The van der Waals surface area contributed by atoms with Crippen LogP contribution in [0.5, 0.6) is 5.75 Å². The van der Waals surface area contributed by atoms with Gasteiger partial charge in [-0.3, -0.25) is 0 Å². The van der Waals surface area contributed by atoms with Gasteiger partial charge in [0.25, 0.3) is 0 Å². The molecule has 0 spiro atoms. The number of aromatic nitrogens is 2. The first-order valence-corrected chi connectivity index (χ1v) is 10.2. The van der Waals surface area contributed by atoms with Gasteiger partial charge >= 0.3 is 6.18 Å². The minimum Gasteiger partial charge on any atom is -0.494 e. The first-order chi connectivity index (χ1) is 14.9. The van der Waals surface area contributed by atoms with Crippen molar-refractivity contribution >= 4 is 23.1 Å². The van der Waals surface area contributed by atoms with Crippen LogP contribution in [-0.2, 0) is 12.6 Å². The van der Waals surface area contributed by atoms with E-state index >= 15 is 0 Å². The minimum atomic E-state index is -4.58. The van der Waals surface area contributed by atoms with E-state index in [1.165, 1.54) is 0 Å². The van der Waals surface area contributed by atoms with Crippen molar-refractivity contribution in [1.29, 1.82) is 0 Å². The molecular formula is C23H25F3N4O. The van der Waals surface area contributed by atoms with Gasteiger partial charge in [0, 0.05) is 17.6 Å². The number of ether oxygens (including phenoxy) is 1. The van der Waals surface area contributed by atoms with E-state index in [2.05, 4.69) is 27.5 Å². The number of aryl methyl sites for hydroxylation is 1. The second-order valence-corrected chi connectivity index (χ2v) is 6.98. The lowest BCUT2D eigenvalue weighted by molar-refractivity contribution is -0.137. The van der Waals surface area contributed by atoms with Crippen LogP contribution in [0.3, 0.4) is 0 Å². The zero-order valence-electron chi connectivity index (χ0n) is 17.5. The maximum absolute atomic E-state index is 13.4. The summed E-state index contributed by atoms with van der Waals surface area (Å²) < 4.78 is 46.0. The Bertz CT molecular complexity index is 974. The fourth-order valence-corrected chi connectivity index (χ4v) is 2.80. The third-order valence-corrected chi connectivity index (χ3v) is 4.60. The second kappa shape index (κ2) is 10.1. The Hall–Kier alpha value is -3.29. The second-order valence-electron chi connectivity index (χ2n) is 6.98. The summed E-state index contributed by atoms with van der Waals surface area (Å²) in [7, 11) is 0. The SMILES string of the molecule is CCCCOc1ccc(Nc2ncc(C(F)(F)F)c(Nc3ccc(CC)cc3)n2)cc1. The Kier molecular flexibility index (Phi) is 7.33. The molecule has 3 rings (SSSR count). The number of anilines is 4. The molecule has 1 aromatic heterocycles. The number of rotatable bonds is 9. The van der Waals surface area contributed by atoms with Gasteiger partial charge in [0.2, 0.25) is 5.95 Å². The van der Waals surface area contributed by atoms with Crippen LogP contribution >= 0.6 is 0 Å². The zero-order chi connectivity index (χ0) is 22.3. The fraction of sp³-hybridized carbons (Fsp3) is 0.304. The van der Waals surface area contributed by atoms with Gasteiger partial charge in [-0.25, -0.2) is 4.98 Å². The molecule has 0 fully saturated rings. The van der Waals surface area contributed by atoms with Gasteiger partial charge in [0.1, 0.15) is 17.1 Å². The molecule has 2 aromatic carbocycles. The van der Waals surface area contributed by atoms with Crippen LogP contribution in [-0.4, -0.2) is 16.6 Å². The average molecular weight is 430 g/mol. The number of nitrogens with zero attached hydrogens (tertiary/aromatic N) is 2. The third-order valence-electron chi connectivity index (χ3n) is 4.60. The van der Waals surface area contributed by atoms with Crippen molar-refractivity contribution in [3.05, 3.63) is 65.9 Å². The highest BCUT2D eigenvalue weighted by atomic mass is 19.4. The lowest BCUT2D eigenvalue weighted by Crippen LogP contribution is -2.12. The molecule has 31 heavy (non-hydrogen) atoms. The number of halogens is 3. The molecule has 0 aliphatic heterocycles. The Morgan fingerprint density at radius 3 is 2.16 bits per heavy atom. The van der Waals surface area contributed by atoms with Crippen molar-refractivity contribution in [1.82, 2.24) is 9.97 Å². The van der Waals surface area contributed by atoms with E-state index in [1.54, 1.807) is 36.4 Å². The van der Waals surface area contributed by atoms with E-state index in [-0.39, 0.29) is 11.8 Å². The summed E-state index contributed by atoms with van der Waals surface area (Å²) in [4.78, 5) is 7.91. The highest BCUT2D eigenvalue weighted by Crippen LogP contribution is 2.35. The Balaban J connectivity index is 1.79. The molecule has 0 unspecified atom stereocenters. The third kappa shape index (κ3) is 6.34. The summed E-state index contributed by atoms with van der Waals surface area (Å²) >= 11 is 0. The number of hydrogen-bond acceptors (Lipinski definition) is 5. The van der Waals surface area contributed by atoms with Crippen LogP contribution < -0.4 is 15.4 Å². The highest BCUT2D eigenvalue weighted by Gasteiger charge is 2.35. The average Bonchev–Trinajstić information content (AvgIpc) is 2.75. The smallest absolute Gasteiger partial charge is 0.421 e. The minimum absolute atomic E-state index is 0.0559. The standard InChI is InChI=1S/C23H25F3N4O/c1-3-5-14-31-19-12-10-18(11-13-19)29-22-27-15-20(23(24,25)26)21(30-22)28-17-8-6-16(4-2)7-9-17/h6-13,15H,3-5,14H2,1-2H3,(H2,27,28,29,30). The van der Waals surface area contributed by atoms with E-state index in [9.17, 15) is 13.2 Å². The first-order valence-electron chi connectivity index (χ1n) is 10.2. The molecule has 0 aliphatic carbocycles. The van der Waals surface area contributed by atoms with Crippen molar-refractivity contribution in [2.75, 3.05) is 17.2 Å². The molecule has 8 heteroatoms. The van der Waals surface area contributed by atoms with Gasteiger partial charge in [0.15, 0.2) is 0 Å². The largest absolute Gasteiger partial charge is 0.494 e. The Morgan fingerprint density at radius 2 is 1.55 bits per heavy atom. The molecule has 0 amide bonds. The zero-order valence-corrected chi connectivity index (χ0v) is 17.5. The lowest BCUT2D eigenvalue weighted by atomic mass is 10.1. The molecule has 2 N–H and O–H groups in total. The van der Waals surface area contributed by atoms with Crippen molar-refractivity contribution < 1.29 is 17.9 Å². The highest BCUT2D eigenvalue weighted by molar-refractivity contribution is 5.63. The molecular weight excluding hydrogens is 405 g/mol. The summed E-state index contributed by atoms with van der Waals surface area (Å²) in [6.07, 6.45) is -0.944. The van der Waals surface area contributed by atoms with E-state index in [1.807, 2.05) is 19.1 Å². The van der Waals surface area contributed by atoms with E-state index in [0.29, 0.717) is 18.0 Å². The molecule has 5 nitrogen and oxygen atoms in total. The molecule has 0 saturated heterocycles. The lowest BCUT2D eigenvalue weighted by Gasteiger charge is -2.15. The molecule has 0 radical (unpaired) electrons. The van der Waals surface area contributed by atoms with Gasteiger partial charge in [-0.1, -0.05) is 32.4 Å². The van der Waals surface area contributed by atoms with E-state index < -0.39 is 11.7 Å². The van der Waals surface area contributed by atoms with Gasteiger partial charge in [-0.15, -0.1) is 0 Å². The topological polar surface area (TPSA) is 59.1 Å². The number of benzene rings is 2.